The van der Waals surface area contributed by atoms with E-state index in [1.165, 1.54) is 44.9 Å². The largest absolute Gasteiger partial charge is 0.393 e. The van der Waals surface area contributed by atoms with Gasteiger partial charge in [-0.25, -0.2) is 0 Å². The SMILES string of the molecule is C[C@]12CC[C@H](O)C[C@@H]1CCC[C@H]1[C@H]3CC[C@H](O)[C@]3(C)CC[C@@H]12. The van der Waals surface area contributed by atoms with Gasteiger partial charge in [-0.1, -0.05) is 20.3 Å². The first kappa shape index (κ1) is 15.4. The van der Waals surface area contributed by atoms with Crippen molar-refractivity contribution >= 4 is 0 Å². The molecule has 0 aromatic carbocycles. The minimum Gasteiger partial charge on any atom is -0.393 e. The van der Waals surface area contributed by atoms with Gasteiger partial charge in [0, 0.05) is 0 Å². The van der Waals surface area contributed by atoms with E-state index in [-0.39, 0.29) is 17.6 Å². The van der Waals surface area contributed by atoms with Gasteiger partial charge in [0.05, 0.1) is 12.2 Å². The molecule has 0 aromatic rings. The lowest BCUT2D eigenvalue weighted by molar-refractivity contribution is -0.0954. The minimum atomic E-state index is -0.0570. The first-order valence-corrected chi connectivity index (χ1v) is 9.81. The van der Waals surface area contributed by atoms with E-state index in [0.29, 0.717) is 5.41 Å². The van der Waals surface area contributed by atoms with Crippen molar-refractivity contribution in [2.75, 3.05) is 0 Å². The normalized spacial score (nSPS) is 58.4. The van der Waals surface area contributed by atoms with Crippen LogP contribution in [0.3, 0.4) is 0 Å². The van der Waals surface area contributed by atoms with E-state index in [1.54, 1.807) is 0 Å². The summed E-state index contributed by atoms with van der Waals surface area (Å²) in [5.41, 5.74) is 0.654. The van der Waals surface area contributed by atoms with Crippen molar-refractivity contribution in [1.82, 2.24) is 0 Å². The second-order valence-corrected chi connectivity index (χ2v) is 9.58. The van der Waals surface area contributed by atoms with Crippen LogP contribution in [-0.4, -0.2) is 22.4 Å². The number of aliphatic hydroxyl groups excluding tert-OH is 2. The molecule has 0 saturated heterocycles. The third-order valence-electron chi connectivity index (χ3n) is 8.83. The third kappa shape index (κ3) is 2.05. The molecule has 0 spiro atoms. The molecule has 0 bridgehead atoms. The summed E-state index contributed by atoms with van der Waals surface area (Å²) >= 11 is 0. The number of fused-ring (bicyclic) bond motifs is 5. The Balaban J connectivity index is 1.65. The molecular weight excluding hydrogens is 272 g/mol. The highest BCUT2D eigenvalue weighted by Gasteiger charge is 2.58. The number of aliphatic hydroxyl groups is 2. The molecule has 0 unspecified atom stereocenters. The van der Waals surface area contributed by atoms with Crippen molar-refractivity contribution in [1.29, 1.82) is 0 Å². The van der Waals surface area contributed by atoms with Crippen LogP contribution in [0.5, 0.6) is 0 Å². The van der Waals surface area contributed by atoms with Crippen LogP contribution in [0.2, 0.25) is 0 Å². The Bertz CT molecular complexity index is 435. The maximum absolute atomic E-state index is 10.5. The standard InChI is InChI=1S/C20H34O2/c1-19-10-8-14(21)12-13(19)4-3-5-15-16-6-7-18(22)20(16,2)11-9-17(15)19/h13-18,21-22H,3-12H2,1-2H3/t13-,14-,15-,16+,17-,18-,19-,20+/m0/s1. The molecule has 0 heterocycles. The summed E-state index contributed by atoms with van der Waals surface area (Å²) in [6, 6.07) is 0. The molecule has 0 amide bonds. The van der Waals surface area contributed by atoms with Gasteiger partial charge in [-0.2, -0.15) is 0 Å². The molecule has 4 aliphatic carbocycles. The fourth-order valence-corrected chi connectivity index (χ4v) is 7.41. The highest BCUT2D eigenvalue weighted by atomic mass is 16.3. The number of hydrogen-bond donors (Lipinski definition) is 2. The van der Waals surface area contributed by atoms with E-state index in [0.717, 1.165) is 42.9 Å². The van der Waals surface area contributed by atoms with Crippen LogP contribution in [0.15, 0.2) is 0 Å². The number of hydrogen-bond acceptors (Lipinski definition) is 2. The Morgan fingerprint density at radius 2 is 1.50 bits per heavy atom. The van der Waals surface area contributed by atoms with Gasteiger partial charge >= 0.3 is 0 Å². The van der Waals surface area contributed by atoms with Gasteiger partial charge in [-0.15, -0.1) is 0 Å². The Labute approximate surface area is 135 Å². The predicted octanol–water partition coefficient (Wildman–Crippen LogP) is 4.14. The van der Waals surface area contributed by atoms with Crippen LogP contribution in [0, 0.1) is 34.5 Å². The zero-order valence-corrected chi connectivity index (χ0v) is 14.4. The Kier molecular flexibility index (Phi) is 3.66. The van der Waals surface area contributed by atoms with E-state index in [9.17, 15) is 10.2 Å². The molecule has 4 fully saturated rings. The second-order valence-electron chi connectivity index (χ2n) is 9.58. The van der Waals surface area contributed by atoms with E-state index in [2.05, 4.69) is 13.8 Å². The minimum absolute atomic E-state index is 0.0446. The zero-order chi connectivity index (χ0) is 15.5. The lowest BCUT2D eigenvalue weighted by Crippen LogP contribution is -2.50. The molecule has 4 rings (SSSR count). The third-order valence-corrected chi connectivity index (χ3v) is 8.83. The average molecular weight is 306 g/mol. The van der Waals surface area contributed by atoms with E-state index >= 15 is 0 Å². The highest BCUT2D eigenvalue weighted by Crippen LogP contribution is 2.64. The summed E-state index contributed by atoms with van der Waals surface area (Å²) in [5, 5.41) is 20.7. The molecule has 2 N–H and O–H groups in total. The lowest BCUT2D eigenvalue weighted by Gasteiger charge is -2.55. The molecule has 2 heteroatoms. The highest BCUT2D eigenvalue weighted by molar-refractivity contribution is 5.08. The molecule has 22 heavy (non-hydrogen) atoms. The van der Waals surface area contributed by atoms with Crippen LogP contribution >= 0.6 is 0 Å². The summed E-state index contributed by atoms with van der Waals surface area (Å²) in [6.45, 7) is 4.93. The van der Waals surface area contributed by atoms with Crippen LogP contribution < -0.4 is 0 Å². The van der Waals surface area contributed by atoms with Crippen LogP contribution in [0.25, 0.3) is 0 Å². The summed E-state index contributed by atoms with van der Waals surface area (Å²) in [5.74, 6) is 3.17. The summed E-state index contributed by atoms with van der Waals surface area (Å²) < 4.78 is 0. The molecule has 2 nitrogen and oxygen atoms in total. The summed E-state index contributed by atoms with van der Waals surface area (Å²) in [6.07, 6.45) is 12.1. The quantitative estimate of drug-likeness (QED) is 0.706. The van der Waals surface area contributed by atoms with Gasteiger partial charge in [-0.3, -0.25) is 0 Å². The first-order valence-electron chi connectivity index (χ1n) is 9.81. The average Bonchev–Trinajstić information content (AvgIpc) is 2.70. The van der Waals surface area contributed by atoms with Gasteiger partial charge in [0.2, 0.25) is 0 Å². The molecule has 0 radical (unpaired) electrons. The fraction of sp³-hybridized carbons (Fsp3) is 1.00. The lowest BCUT2D eigenvalue weighted by atomic mass is 9.50. The second kappa shape index (κ2) is 5.21. The van der Waals surface area contributed by atoms with E-state index in [4.69, 9.17) is 0 Å². The van der Waals surface area contributed by atoms with E-state index in [1.807, 2.05) is 0 Å². The van der Waals surface area contributed by atoms with Crippen molar-refractivity contribution in [2.24, 2.45) is 34.5 Å². The number of rotatable bonds is 0. The van der Waals surface area contributed by atoms with Crippen molar-refractivity contribution in [3.63, 3.8) is 0 Å². The maximum atomic E-state index is 10.5. The van der Waals surface area contributed by atoms with Crippen molar-refractivity contribution in [2.45, 2.75) is 90.3 Å². The zero-order valence-electron chi connectivity index (χ0n) is 14.4. The summed E-state index contributed by atoms with van der Waals surface area (Å²) in [4.78, 5) is 0. The smallest absolute Gasteiger partial charge is 0.0596 e. The van der Waals surface area contributed by atoms with Crippen molar-refractivity contribution in [3.05, 3.63) is 0 Å². The molecule has 4 saturated carbocycles. The Morgan fingerprint density at radius 1 is 0.773 bits per heavy atom. The molecular formula is C20H34O2. The Morgan fingerprint density at radius 3 is 2.32 bits per heavy atom. The van der Waals surface area contributed by atoms with Crippen molar-refractivity contribution < 1.29 is 10.2 Å². The van der Waals surface area contributed by atoms with Crippen LogP contribution in [0.4, 0.5) is 0 Å². The van der Waals surface area contributed by atoms with Gasteiger partial charge in [0.25, 0.3) is 0 Å². The van der Waals surface area contributed by atoms with Crippen LogP contribution in [0.1, 0.15) is 78.1 Å². The monoisotopic (exact) mass is 306 g/mol. The predicted molar refractivity (Wildman–Crippen MR) is 88.4 cm³/mol. The van der Waals surface area contributed by atoms with Gasteiger partial charge < -0.3 is 10.2 Å². The van der Waals surface area contributed by atoms with Crippen molar-refractivity contribution in [3.8, 4) is 0 Å². The molecule has 0 aromatic heterocycles. The topological polar surface area (TPSA) is 40.5 Å². The van der Waals surface area contributed by atoms with E-state index < -0.39 is 0 Å². The molecule has 8 atom stereocenters. The first-order chi connectivity index (χ1) is 10.4. The molecule has 4 aliphatic rings. The molecule has 126 valence electrons. The van der Waals surface area contributed by atoms with Gasteiger partial charge in [0.15, 0.2) is 0 Å². The van der Waals surface area contributed by atoms with Crippen LogP contribution in [-0.2, 0) is 0 Å². The maximum Gasteiger partial charge on any atom is 0.0596 e. The summed E-state index contributed by atoms with van der Waals surface area (Å²) in [7, 11) is 0. The fourth-order valence-electron chi connectivity index (χ4n) is 7.41. The molecule has 0 aliphatic heterocycles. The van der Waals surface area contributed by atoms with Gasteiger partial charge in [0.1, 0.15) is 0 Å². The Hall–Kier alpha value is -0.0800. The van der Waals surface area contributed by atoms with Gasteiger partial charge in [-0.05, 0) is 92.3 Å².